The van der Waals surface area contributed by atoms with Crippen molar-refractivity contribution in [3.05, 3.63) is 23.3 Å². The number of halogens is 5. The molecule has 0 heterocycles. The minimum Gasteiger partial charge on any atom is -0.381 e. The molecule has 15 heavy (non-hydrogen) atoms. The molecular weight excluding hydrogens is 221 g/mol. The van der Waals surface area contributed by atoms with Crippen LogP contribution >= 0.6 is 0 Å². The standard InChI is InChI=1S/C8H8F5NO/c9-5-1-4(14-3-15)2-6(10)7(5)8(11,12)13/h1,4,14-15H,2-3H2. The van der Waals surface area contributed by atoms with Gasteiger partial charge in [-0.05, 0) is 6.08 Å². The first-order valence-corrected chi connectivity index (χ1v) is 4.04. The molecule has 0 radical (unpaired) electrons. The molecule has 2 nitrogen and oxygen atoms in total. The largest absolute Gasteiger partial charge is 0.421 e. The number of rotatable bonds is 2. The van der Waals surface area contributed by atoms with E-state index in [0.29, 0.717) is 6.08 Å². The lowest BCUT2D eigenvalue weighted by Gasteiger charge is -2.21. The average molecular weight is 229 g/mol. The van der Waals surface area contributed by atoms with Crippen LogP contribution in [0.3, 0.4) is 0 Å². The predicted molar refractivity (Wildman–Crippen MR) is 42.0 cm³/mol. The second kappa shape index (κ2) is 4.28. The Balaban J connectivity index is 2.93. The smallest absolute Gasteiger partial charge is 0.381 e. The second-order valence-corrected chi connectivity index (χ2v) is 2.97. The number of alkyl halides is 3. The molecule has 2 N–H and O–H groups in total. The van der Waals surface area contributed by atoms with Crippen LogP contribution in [-0.2, 0) is 0 Å². The van der Waals surface area contributed by atoms with Gasteiger partial charge in [0.1, 0.15) is 17.2 Å². The van der Waals surface area contributed by atoms with E-state index in [4.69, 9.17) is 5.11 Å². The first kappa shape index (κ1) is 12.1. The fourth-order valence-corrected chi connectivity index (χ4v) is 1.28. The number of allylic oxidation sites excluding steroid dienone is 2. The van der Waals surface area contributed by atoms with Crippen molar-refractivity contribution in [3.63, 3.8) is 0 Å². The molecule has 1 rings (SSSR count). The molecule has 0 spiro atoms. The molecule has 0 amide bonds. The first-order chi connectivity index (χ1) is 6.86. The number of aliphatic hydroxyl groups excluding tert-OH is 1. The summed E-state index contributed by atoms with van der Waals surface area (Å²) in [5.41, 5.74) is -1.86. The first-order valence-electron chi connectivity index (χ1n) is 4.04. The number of aliphatic hydroxyl groups is 1. The van der Waals surface area contributed by atoms with E-state index in [1.807, 2.05) is 0 Å². The van der Waals surface area contributed by atoms with Crippen LogP contribution in [0.5, 0.6) is 0 Å². The summed E-state index contributed by atoms with van der Waals surface area (Å²) >= 11 is 0. The van der Waals surface area contributed by atoms with Gasteiger partial charge in [0.2, 0.25) is 0 Å². The van der Waals surface area contributed by atoms with Gasteiger partial charge in [-0.15, -0.1) is 0 Å². The van der Waals surface area contributed by atoms with Crippen LogP contribution < -0.4 is 5.32 Å². The molecule has 0 aromatic rings. The molecule has 0 aromatic heterocycles. The van der Waals surface area contributed by atoms with Crippen molar-refractivity contribution < 1.29 is 27.1 Å². The fourth-order valence-electron chi connectivity index (χ4n) is 1.28. The van der Waals surface area contributed by atoms with Crippen LogP contribution in [0.4, 0.5) is 22.0 Å². The van der Waals surface area contributed by atoms with Gasteiger partial charge in [0.25, 0.3) is 0 Å². The second-order valence-electron chi connectivity index (χ2n) is 2.97. The van der Waals surface area contributed by atoms with E-state index in [9.17, 15) is 22.0 Å². The molecule has 0 bridgehead atoms. The van der Waals surface area contributed by atoms with Crippen LogP contribution in [0, 0.1) is 0 Å². The van der Waals surface area contributed by atoms with Crippen molar-refractivity contribution in [2.75, 3.05) is 6.73 Å². The normalized spacial score (nSPS) is 23.1. The number of hydrogen-bond donors (Lipinski definition) is 2. The Morgan fingerprint density at radius 3 is 2.40 bits per heavy atom. The van der Waals surface area contributed by atoms with E-state index in [-0.39, 0.29) is 0 Å². The topological polar surface area (TPSA) is 32.3 Å². The highest BCUT2D eigenvalue weighted by Gasteiger charge is 2.42. The summed E-state index contributed by atoms with van der Waals surface area (Å²) in [5.74, 6) is -3.22. The zero-order valence-corrected chi connectivity index (χ0v) is 7.41. The summed E-state index contributed by atoms with van der Waals surface area (Å²) in [5, 5.41) is 10.6. The summed E-state index contributed by atoms with van der Waals surface area (Å²) in [6.45, 7) is -0.566. The predicted octanol–water partition coefficient (Wildman–Crippen LogP) is 1.94. The summed E-state index contributed by atoms with van der Waals surface area (Å²) < 4.78 is 62.1. The Morgan fingerprint density at radius 1 is 1.40 bits per heavy atom. The van der Waals surface area contributed by atoms with Crippen LogP contribution in [0.2, 0.25) is 0 Å². The summed E-state index contributed by atoms with van der Waals surface area (Å²) in [7, 11) is 0. The van der Waals surface area contributed by atoms with E-state index < -0.39 is 42.6 Å². The van der Waals surface area contributed by atoms with Crippen LogP contribution in [0.1, 0.15) is 6.42 Å². The highest BCUT2D eigenvalue weighted by Crippen LogP contribution is 2.39. The van der Waals surface area contributed by atoms with Crippen LogP contribution in [0.25, 0.3) is 0 Å². The van der Waals surface area contributed by atoms with E-state index in [1.165, 1.54) is 0 Å². The summed E-state index contributed by atoms with van der Waals surface area (Å²) in [6, 6.07) is -0.957. The third-order valence-electron chi connectivity index (χ3n) is 1.89. The Morgan fingerprint density at radius 2 is 2.00 bits per heavy atom. The molecule has 1 atom stereocenters. The molecule has 1 aliphatic carbocycles. The van der Waals surface area contributed by atoms with Crippen LogP contribution in [-0.4, -0.2) is 24.1 Å². The third kappa shape index (κ3) is 2.75. The van der Waals surface area contributed by atoms with E-state index in [2.05, 4.69) is 5.32 Å². The minimum absolute atomic E-state index is 0.566. The maximum absolute atomic E-state index is 12.9. The quantitative estimate of drug-likeness (QED) is 0.560. The van der Waals surface area contributed by atoms with Crippen molar-refractivity contribution >= 4 is 0 Å². The number of hydrogen-bond acceptors (Lipinski definition) is 2. The van der Waals surface area contributed by atoms with E-state index in [1.54, 1.807) is 0 Å². The molecule has 0 saturated carbocycles. The average Bonchev–Trinajstić information content (AvgIpc) is 1.99. The highest BCUT2D eigenvalue weighted by molar-refractivity contribution is 5.37. The zero-order chi connectivity index (χ0) is 11.6. The Hall–Kier alpha value is -0.950. The maximum Gasteiger partial charge on any atom is 0.421 e. The van der Waals surface area contributed by atoms with Crippen molar-refractivity contribution in [1.82, 2.24) is 5.32 Å². The maximum atomic E-state index is 12.9. The zero-order valence-electron chi connectivity index (χ0n) is 7.41. The lowest BCUT2D eigenvalue weighted by molar-refractivity contribution is -0.0936. The molecular formula is C8H8F5NO. The fraction of sp³-hybridized carbons (Fsp3) is 0.500. The Bertz CT molecular complexity index is 307. The SMILES string of the molecule is OCNC1C=C(F)C(C(F)(F)F)=C(F)C1. The van der Waals surface area contributed by atoms with Gasteiger partial charge in [0, 0.05) is 12.5 Å². The summed E-state index contributed by atoms with van der Waals surface area (Å²) in [6.07, 6.45) is -5.06. The van der Waals surface area contributed by atoms with E-state index in [0.717, 1.165) is 0 Å². The van der Waals surface area contributed by atoms with Gasteiger partial charge < -0.3 is 5.11 Å². The van der Waals surface area contributed by atoms with Gasteiger partial charge in [-0.3, -0.25) is 5.32 Å². The molecule has 0 fully saturated rings. The molecule has 0 aromatic carbocycles. The third-order valence-corrected chi connectivity index (χ3v) is 1.89. The van der Waals surface area contributed by atoms with Crippen molar-refractivity contribution in [2.45, 2.75) is 18.6 Å². The molecule has 7 heteroatoms. The molecule has 1 unspecified atom stereocenters. The Labute approximate surface area is 82.1 Å². The lowest BCUT2D eigenvalue weighted by Crippen LogP contribution is -2.32. The van der Waals surface area contributed by atoms with Crippen molar-refractivity contribution in [3.8, 4) is 0 Å². The van der Waals surface area contributed by atoms with E-state index >= 15 is 0 Å². The van der Waals surface area contributed by atoms with Gasteiger partial charge in [-0.2, -0.15) is 13.2 Å². The molecule has 86 valence electrons. The van der Waals surface area contributed by atoms with Crippen molar-refractivity contribution in [1.29, 1.82) is 0 Å². The number of nitrogens with one attached hydrogen (secondary N) is 1. The van der Waals surface area contributed by atoms with Gasteiger partial charge in [0.15, 0.2) is 0 Å². The molecule has 0 aliphatic heterocycles. The van der Waals surface area contributed by atoms with Gasteiger partial charge >= 0.3 is 6.18 Å². The van der Waals surface area contributed by atoms with Gasteiger partial charge in [0.05, 0.1) is 6.73 Å². The Kier molecular flexibility index (Phi) is 3.46. The summed E-state index contributed by atoms with van der Waals surface area (Å²) in [4.78, 5) is 0. The monoisotopic (exact) mass is 229 g/mol. The molecule has 0 saturated heterocycles. The van der Waals surface area contributed by atoms with Crippen LogP contribution in [0.15, 0.2) is 23.3 Å². The molecule has 1 aliphatic rings. The lowest BCUT2D eigenvalue weighted by atomic mass is 10.0. The van der Waals surface area contributed by atoms with Crippen molar-refractivity contribution in [2.24, 2.45) is 0 Å². The van der Waals surface area contributed by atoms with Gasteiger partial charge in [-0.25, -0.2) is 8.78 Å². The highest BCUT2D eigenvalue weighted by atomic mass is 19.4. The van der Waals surface area contributed by atoms with Gasteiger partial charge in [-0.1, -0.05) is 0 Å². The minimum atomic E-state index is -5.03.